The molecule has 0 spiro atoms. The van der Waals surface area contributed by atoms with E-state index in [2.05, 4.69) is 10.3 Å². The smallest absolute Gasteiger partial charge is 0.375 e. The number of nitrogens with one attached hydrogen (secondary N) is 1. The molecular formula is C18H14ClF3N2O3. The Balaban J connectivity index is 1.83. The van der Waals surface area contributed by atoms with Gasteiger partial charge in [-0.25, -0.2) is 0 Å². The van der Waals surface area contributed by atoms with Gasteiger partial charge in [-0.05, 0) is 24.1 Å². The zero-order valence-electron chi connectivity index (χ0n) is 13.8. The van der Waals surface area contributed by atoms with E-state index in [-0.39, 0.29) is 42.0 Å². The van der Waals surface area contributed by atoms with Crippen molar-refractivity contribution in [1.29, 1.82) is 0 Å². The third-order valence-corrected chi connectivity index (χ3v) is 4.88. The van der Waals surface area contributed by atoms with Crippen LogP contribution in [0.1, 0.15) is 40.0 Å². The van der Waals surface area contributed by atoms with Gasteiger partial charge in [0.1, 0.15) is 5.69 Å². The average molecular weight is 399 g/mol. The monoisotopic (exact) mass is 398 g/mol. The number of benzene rings is 1. The molecule has 0 radical (unpaired) electrons. The van der Waals surface area contributed by atoms with Crippen molar-refractivity contribution in [3.8, 4) is 0 Å². The van der Waals surface area contributed by atoms with Gasteiger partial charge in [-0.2, -0.15) is 13.2 Å². The number of alkyl halides is 3. The van der Waals surface area contributed by atoms with E-state index >= 15 is 0 Å². The minimum atomic E-state index is -4.62. The van der Waals surface area contributed by atoms with E-state index < -0.39 is 28.3 Å². The first-order valence-electron chi connectivity index (χ1n) is 7.98. The molecule has 27 heavy (non-hydrogen) atoms. The minimum absolute atomic E-state index is 0.0125. The standard InChI is InChI=1S/C18H14ClF3N2O3/c19-14-10(3-1-4-11(14)18(20,21)22)9-24-16(26)17(27)7-6-13(25)15-12(17)5-2-8-23-15/h1-5,8,27H,6-7,9H2,(H,24,26). The molecule has 9 heteroatoms. The molecule has 1 heterocycles. The Labute approximate surface area is 157 Å². The fourth-order valence-electron chi connectivity index (χ4n) is 3.00. The van der Waals surface area contributed by atoms with Crippen LogP contribution < -0.4 is 5.32 Å². The molecule has 2 aromatic rings. The van der Waals surface area contributed by atoms with E-state index in [0.29, 0.717) is 0 Å². The van der Waals surface area contributed by atoms with Crippen molar-refractivity contribution in [2.45, 2.75) is 31.2 Å². The number of carbonyl (C=O) groups is 2. The molecule has 0 saturated heterocycles. The molecule has 1 amide bonds. The van der Waals surface area contributed by atoms with Crippen LogP contribution in [0.5, 0.6) is 0 Å². The number of amides is 1. The molecule has 0 bridgehead atoms. The van der Waals surface area contributed by atoms with E-state index in [9.17, 15) is 27.9 Å². The number of pyridine rings is 1. The Morgan fingerprint density at radius 1 is 1.30 bits per heavy atom. The summed E-state index contributed by atoms with van der Waals surface area (Å²) in [6.45, 7) is -0.312. The van der Waals surface area contributed by atoms with E-state index in [0.717, 1.165) is 6.07 Å². The second-order valence-corrected chi connectivity index (χ2v) is 6.52. The summed E-state index contributed by atoms with van der Waals surface area (Å²) in [5, 5.41) is 12.7. The van der Waals surface area contributed by atoms with Crippen molar-refractivity contribution in [3.05, 3.63) is 63.9 Å². The highest BCUT2D eigenvalue weighted by Crippen LogP contribution is 2.37. The molecule has 1 aromatic heterocycles. The van der Waals surface area contributed by atoms with Crippen LogP contribution in [0.4, 0.5) is 13.2 Å². The molecule has 0 fully saturated rings. The first-order chi connectivity index (χ1) is 12.6. The second kappa shape index (κ2) is 6.94. The SMILES string of the molecule is O=C1CCC(O)(C(=O)NCc2cccc(C(F)(F)F)c2Cl)c2cccnc21. The Morgan fingerprint density at radius 2 is 2.04 bits per heavy atom. The largest absolute Gasteiger partial charge is 0.417 e. The normalized spacial score (nSPS) is 19.5. The van der Waals surface area contributed by atoms with Crippen LogP contribution in [0.25, 0.3) is 0 Å². The number of hydrogen-bond acceptors (Lipinski definition) is 4. The Kier molecular flexibility index (Phi) is 4.96. The average Bonchev–Trinajstić information content (AvgIpc) is 2.63. The van der Waals surface area contributed by atoms with Crippen LogP contribution in [0.15, 0.2) is 36.5 Å². The first kappa shape index (κ1) is 19.3. The molecule has 0 saturated carbocycles. The predicted molar refractivity (Wildman–Crippen MR) is 90.0 cm³/mol. The lowest BCUT2D eigenvalue weighted by Gasteiger charge is -2.31. The first-order valence-corrected chi connectivity index (χ1v) is 8.36. The van der Waals surface area contributed by atoms with Crippen molar-refractivity contribution in [1.82, 2.24) is 10.3 Å². The number of rotatable bonds is 3. The number of Topliss-reactive ketones (excluding diaryl/α,β-unsaturated/α-hetero) is 1. The van der Waals surface area contributed by atoms with Crippen LogP contribution in [-0.4, -0.2) is 21.8 Å². The number of ketones is 1. The summed E-state index contributed by atoms with van der Waals surface area (Å²) in [5.41, 5.74) is -2.85. The molecule has 1 atom stereocenters. The van der Waals surface area contributed by atoms with Crippen LogP contribution >= 0.6 is 11.6 Å². The Bertz CT molecular complexity index is 917. The zero-order valence-corrected chi connectivity index (χ0v) is 14.6. The summed E-state index contributed by atoms with van der Waals surface area (Å²) in [4.78, 5) is 28.4. The fraction of sp³-hybridized carbons (Fsp3) is 0.278. The maximum Gasteiger partial charge on any atom is 0.417 e. The summed E-state index contributed by atoms with van der Waals surface area (Å²) in [7, 11) is 0. The molecule has 0 aliphatic heterocycles. The van der Waals surface area contributed by atoms with Gasteiger partial charge in [0.2, 0.25) is 0 Å². The van der Waals surface area contributed by atoms with Crippen molar-refractivity contribution < 1.29 is 27.9 Å². The van der Waals surface area contributed by atoms with Gasteiger partial charge in [-0.3, -0.25) is 14.6 Å². The van der Waals surface area contributed by atoms with E-state index in [1.165, 1.54) is 30.5 Å². The van der Waals surface area contributed by atoms with E-state index in [1.54, 1.807) is 0 Å². The molecule has 1 aliphatic rings. The number of nitrogens with zero attached hydrogens (tertiary/aromatic N) is 1. The summed E-state index contributed by atoms with van der Waals surface area (Å²) in [5.74, 6) is -1.12. The number of halogens is 4. The van der Waals surface area contributed by atoms with Gasteiger partial charge in [0.15, 0.2) is 11.4 Å². The molecule has 1 unspecified atom stereocenters. The lowest BCUT2D eigenvalue weighted by Crippen LogP contribution is -2.47. The zero-order chi connectivity index (χ0) is 19.8. The molecule has 5 nitrogen and oxygen atoms in total. The lowest BCUT2D eigenvalue weighted by atomic mass is 9.80. The van der Waals surface area contributed by atoms with Crippen LogP contribution in [0.3, 0.4) is 0 Å². The number of carbonyl (C=O) groups excluding carboxylic acids is 2. The van der Waals surface area contributed by atoms with Gasteiger partial charge in [-0.15, -0.1) is 0 Å². The van der Waals surface area contributed by atoms with Crippen LogP contribution in [-0.2, 0) is 23.1 Å². The topological polar surface area (TPSA) is 79.3 Å². The van der Waals surface area contributed by atoms with Gasteiger partial charge in [0, 0.05) is 24.7 Å². The summed E-state index contributed by atoms with van der Waals surface area (Å²) < 4.78 is 38.8. The van der Waals surface area contributed by atoms with Gasteiger partial charge in [0.05, 0.1) is 10.6 Å². The van der Waals surface area contributed by atoms with Crippen molar-refractivity contribution in [2.24, 2.45) is 0 Å². The highest BCUT2D eigenvalue weighted by atomic mass is 35.5. The van der Waals surface area contributed by atoms with Crippen molar-refractivity contribution >= 4 is 23.3 Å². The molecule has 3 rings (SSSR count). The third-order valence-electron chi connectivity index (χ3n) is 4.43. The Morgan fingerprint density at radius 3 is 2.74 bits per heavy atom. The molecular weight excluding hydrogens is 385 g/mol. The summed E-state index contributed by atoms with van der Waals surface area (Å²) in [6, 6.07) is 6.29. The van der Waals surface area contributed by atoms with Crippen molar-refractivity contribution in [2.75, 3.05) is 0 Å². The minimum Gasteiger partial charge on any atom is -0.375 e. The third kappa shape index (κ3) is 3.54. The quantitative estimate of drug-likeness (QED) is 0.832. The fourth-order valence-corrected chi connectivity index (χ4v) is 3.30. The molecule has 1 aliphatic carbocycles. The molecule has 2 N–H and O–H groups in total. The molecule has 142 valence electrons. The number of fused-ring (bicyclic) bond motifs is 1. The Hall–Kier alpha value is -2.45. The van der Waals surface area contributed by atoms with Crippen LogP contribution in [0, 0.1) is 0 Å². The number of hydrogen-bond donors (Lipinski definition) is 2. The number of aromatic nitrogens is 1. The second-order valence-electron chi connectivity index (χ2n) is 6.14. The summed E-state index contributed by atoms with van der Waals surface area (Å²) >= 11 is 5.81. The van der Waals surface area contributed by atoms with E-state index in [4.69, 9.17) is 11.6 Å². The summed E-state index contributed by atoms with van der Waals surface area (Å²) in [6.07, 6.45) is -3.46. The van der Waals surface area contributed by atoms with E-state index in [1.807, 2.05) is 0 Å². The molecule has 1 aromatic carbocycles. The van der Waals surface area contributed by atoms with Gasteiger partial charge < -0.3 is 10.4 Å². The maximum absolute atomic E-state index is 12.9. The predicted octanol–water partition coefficient (Wildman–Crippen LogP) is 3.23. The van der Waals surface area contributed by atoms with Crippen LogP contribution in [0.2, 0.25) is 5.02 Å². The number of aliphatic hydroxyl groups is 1. The van der Waals surface area contributed by atoms with Crippen molar-refractivity contribution in [3.63, 3.8) is 0 Å². The highest BCUT2D eigenvalue weighted by Gasteiger charge is 2.44. The van der Waals surface area contributed by atoms with Gasteiger partial charge in [-0.1, -0.05) is 29.8 Å². The maximum atomic E-state index is 12.9. The van der Waals surface area contributed by atoms with Gasteiger partial charge >= 0.3 is 6.18 Å². The lowest BCUT2D eigenvalue weighted by molar-refractivity contribution is -0.142. The highest BCUT2D eigenvalue weighted by molar-refractivity contribution is 6.32. The van der Waals surface area contributed by atoms with Gasteiger partial charge in [0.25, 0.3) is 5.91 Å².